The molecule has 0 saturated heterocycles. The maximum absolute atomic E-state index is 4.51. The summed E-state index contributed by atoms with van der Waals surface area (Å²) in [6.45, 7) is 15.4. The molecule has 0 amide bonds. The van der Waals surface area contributed by atoms with Crippen LogP contribution in [0, 0.1) is 11.3 Å². The minimum atomic E-state index is 0.172. The minimum Gasteiger partial charge on any atom is -0.303 e. The highest BCUT2D eigenvalue weighted by molar-refractivity contribution is 5.43. The van der Waals surface area contributed by atoms with E-state index in [4.69, 9.17) is 0 Å². The van der Waals surface area contributed by atoms with E-state index in [-0.39, 0.29) is 5.41 Å². The van der Waals surface area contributed by atoms with E-state index in [0.29, 0.717) is 18.0 Å². The molecule has 2 aliphatic carbocycles. The van der Waals surface area contributed by atoms with Crippen LogP contribution in [0.5, 0.6) is 0 Å². The first-order chi connectivity index (χ1) is 10.9. The highest BCUT2D eigenvalue weighted by Crippen LogP contribution is 2.34. The van der Waals surface area contributed by atoms with Gasteiger partial charge in [0.05, 0.1) is 0 Å². The molecule has 1 fully saturated rings. The zero-order valence-corrected chi connectivity index (χ0v) is 15.4. The first kappa shape index (κ1) is 18.3. The maximum atomic E-state index is 4.51. The third kappa shape index (κ3) is 4.94. The fourth-order valence-electron chi connectivity index (χ4n) is 3.88. The second-order valence-corrected chi connectivity index (χ2v) is 8.29. The molecule has 0 bridgehead atoms. The molecule has 0 spiro atoms. The molecule has 2 aliphatic rings. The monoisotopic (exact) mass is 313 g/mol. The summed E-state index contributed by atoms with van der Waals surface area (Å²) in [5.41, 5.74) is 2.80. The zero-order valence-electron chi connectivity index (χ0n) is 15.4. The smallest absolute Gasteiger partial charge is 0.0353 e. The summed E-state index contributed by atoms with van der Waals surface area (Å²) in [5, 5.41) is 3.92. The molecular formula is C22H35N. The molecule has 0 heterocycles. The van der Waals surface area contributed by atoms with E-state index in [1.54, 1.807) is 0 Å². The van der Waals surface area contributed by atoms with Gasteiger partial charge in [0, 0.05) is 12.1 Å². The van der Waals surface area contributed by atoms with Crippen LogP contribution in [0.3, 0.4) is 0 Å². The molecule has 0 aliphatic heterocycles. The molecule has 0 aromatic heterocycles. The van der Waals surface area contributed by atoms with E-state index >= 15 is 0 Å². The molecule has 23 heavy (non-hydrogen) atoms. The summed E-state index contributed by atoms with van der Waals surface area (Å²) >= 11 is 0. The second-order valence-electron chi connectivity index (χ2n) is 8.29. The topological polar surface area (TPSA) is 12.0 Å². The summed E-state index contributed by atoms with van der Waals surface area (Å²) in [7, 11) is 0. The molecule has 2 rings (SSSR count). The van der Waals surface area contributed by atoms with Crippen molar-refractivity contribution >= 4 is 0 Å². The summed E-state index contributed by atoms with van der Waals surface area (Å²) < 4.78 is 0. The summed E-state index contributed by atoms with van der Waals surface area (Å²) in [6.07, 6.45) is 18.1. The normalized spacial score (nSPS) is 22.3. The van der Waals surface area contributed by atoms with Gasteiger partial charge in [-0.1, -0.05) is 70.9 Å². The standard InChI is InChI=1S/C22H35N/c1-6-20(22(3,4)5)23-21(19-15-11-8-12-16-19)17(2)18-13-9-7-10-14-18/h6,9,13-14,19-21,23H,1-2,7-8,10-12,15-16H2,3-5H3. The van der Waals surface area contributed by atoms with Crippen molar-refractivity contribution in [3.8, 4) is 0 Å². The van der Waals surface area contributed by atoms with Gasteiger partial charge in [-0.15, -0.1) is 6.58 Å². The van der Waals surface area contributed by atoms with Crippen molar-refractivity contribution in [3.05, 3.63) is 48.6 Å². The molecule has 0 aromatic carbocycles. The number of nitrogens with one attached hydrogen (secondary N) is 1. The third-order valence-electron chi connectivity index (χ3n) is 5.39. The van der Waals surface area contributed by atoms with Crippen LogP contribution in [-0.4, -0.2) is 12.1 Å². The van der Waals surface area contributed by atoms with Crippen molar-refractivity contribution in [1.29, 1.82) is 0 Å². The van der Waals surface area contributed by atoms with Crippen LogP contribution in [0.1, 0.15) is 65.7 Å². The Hall–Kier alpha value is -1.08. The van der Waals surface area contributed by atoms with Crippen LogP contribution >= 0.6 is 0 Å². The fourth-order valence-corrected chi connectivity index (χ4v) is 3.88. The van der Waals surface area contributed by atoms with Gasteiger partial charge in [0.1, 0.15) is 0 Å². The second kappa shape index (κ2) is 8.15. The molecule has 2 atom stereocenters. The Morgan fingerprint density at radius 2 is 1.91 bits per heavy atom. The fraction of sp³-hybridized carbons (Fsp3) is 0.636. The number of rotatable bonds is 6. The molecule has 1 nitrogen and oxygen atoms in total. The van der Waals surface area contributed by atoms with Gasteiger partial charge in [-0.05, 0) is 48.2 Å². The van der Waals surface area contributed by atoms with E-state index < -0.39 is 0 Å². The molecule has 1 N–H and O–H groups in total. The van der Waals surface area contributed by atoms with Crippen molar-refractivity contribution in [1.82, 2.24) is 5.32 Å². The van der Waals surface area contributed by atoms with E-state index in [1.165, 1.54) is 43.3 Å². The summed E-state index contributed by atoms with van der Waals surface area (Å²) in [4.78, 5) is 0. The lowest BCUT2D eigenvalue weighted by Crippen LogP contribution is -2.49. The Bertz CT molecular complexity index is 469. The van der Waals surface area contributed by atoms with Crippen molar-refractivity contribution in [2.24, 2.45) is 11.3 Å². The largest absolute Gasteiger partial charge is 0.303 e. The van der Waals surface area contributed by atoms with E-state index in [2.05, 4.69) is 63.5 Å². The molecule has 1 saturated carbocycles. The summed E-state index contributed by atoms with van der Waals surface area (Å²) in [5.74, 6) is 0.706. The first-order valence-electron chi connectivity index (χ1n) is 9.38. The van der Waals surface area contributed by atoms with Crippen molar-refractivity contribution in [2.75, 3.05) is 0 Å². The van der Waals surface area contributed by atoms with Gasteiger partial charge >= 0.3 is 0 Å². The predicted molar refractivity (Wildman–Crippen MR) is 103 cm³/mol. The Morgan fingerprint density at radius 1 is 1.22 bits per heavy atom. The Labute approximate surface area is 143 Å². The van der Waals surface area contributed by atoms with Gasteiger partial charge in [-0.3, -0.25) is 0 Å². The molecule has 2 unspecified atom stereocenters. The quantitative estimate of drug-likeness (QED) is 0.597. The highest BCUT2D eigenvalue weighted by Gasteiger charge is 2.31. The molecule has 0 radical (unpaired) electrons. The van der Waals surface area contributed by atoms with Crippen LogP contribution in [-0.2, 0) is 0 Å². The van der Waals surface area contributed by atoms with Crippen LogP contribution in [0.25, 0.3) is 0 Å². The maximum Gasteiger partial charge on any atom is 0.0353 e. The van der Waals surface area contributed by atoms with Gasteiger partial charge in [0.25, 0.3) is 0 Å². The lowest BCUT2D eigenvalue weighted by molar-refractivity contribution is 0.236. The van der Waals surface area contributed by atoms with Crippen LogP contribution in [0.4, 0.5) is 0 Å². The Morgan fingerprint density at radius 3 is 2.43 bits per heavy atom. The molecule has 128 valence electrons. The van der Waals surface area contributed by atoms with Gasteiger partial charge in [0.15, 0.2) is 0 Å². The average molecular weight is 314 g/mol. The zero-order chi connectivity index (χ0) is 16.9. The van der Waals surface area contributed by atoms with Crippen LogP contribution in [0.15, 0.2) is 48.6 Å². The molecular weight excluding hydrogens is 278 g/mol. The van der Waals surface area contributed by atoms with E-state index in [9.17, 15) is 0 Å². The summed E-state index contributed by atoms with van der Waals surface area (Å²) in [6, 6.07) is 0.672. The van der Waals surface area contributed by atoms with E-state index in [1.807, 2.05) is 0 Å². The average Bonchev–Trinajstić information content (AvgIpc) is 2.55. The molecule has 1 heteroatoms. The van der Waals surface area contributed by atoms with Crippen molar-refractivity contribution in [2.45, 2.75) is 77.8 Å². The van der Waals surface area contributed by atoms with Gasteiger partial charge in [-0.2, -0.15) is 0 Å². The minimum absolute atomic E-state index is 0.172. The number of hydrogen-bond donors (Lipinski definition) is 1. The van der Waals surface area contributed by atoms with Gasteiger partial charge in [-0.25, -0.2) is 0 Å². The van der Waals surface area contributed by atoms with Gasteiger partial charge in [0.2, 0.25) is 0 Å². The SMILES string of the molecule is C=CC(NC(C(=C)C1=CCCC=C1)C1CCCCC1)C(C)(C)C. The first-order valence-corrected chi connectivity index (χ1v) is 9.38. The predicted octanol–water partition coefficient (Wildman–Crippen LogP) is 5.96. The lowest BCUT2D eigenvalue weighted by Gasteiger charge is -2.39. The lowest BCUT2D eigenvalue weighted by atomic mass is 9.77. The Balaban J connectivity index is 2.20. The Kier molecular flexibility index (Phi) is 6.47. The number of hydrogen-bond acceptors (Lipinski definition) is 1. The van der Waals surface area contributed by atoms with Crippen LogP contribution in [0.2, 0.25) is 0 Å². The van der Waals surface area contributed by atoms with Crippen LogP contribution < -0.4 is 5.32 Å². The third-order valence-corrected chi connectivity index (χ3v) is 5.39. The highest BCUT2D eigenvalue weighted by atomic mass is 15.0. The van der Waals surface area contributed by atoms with Crippen molar-refractivity contribution < 1.29 is 0 Å². The van der Waals surface area contributed by atoms with Crippen molar-refractivity contribution in [3.63, 3.8) is 0 Å². The van der Waals surface area contributed by atoms with Gasteiger partial charge < -0.3 is 5.32 Å². The molecule has 0 aromatic rings. The number of allylic oxidation sites excluding steroid dienone is 3. The van der Waals surface area contributed by atoms with E-state index in [0.717, 1.165) is 12.8 Å².